The predicted molar refractivity (Wildman–Crippen MR) is 156 cm³/mol. The normalized spacial score (nSPS) is 12.2. The van der Waals surface area contributed by atoms with Crippen LogP contribution in [-0.2, 0) is 26.2 Å². The van der Waals surface area contributed by atoms with E-state index < -0.39 is 34.3 Å². The average molecular weight is 609 g/mol. The lowest BCUT2D eigenvalue weighted by Gasteiger charge is -2.33. The van der Waals surface area contributed by atoms with Gasteiger partial charge in [-0.05, 0) is 81.3 Å². The van der Waals surface area contributed by atoms with Gasteiger partial charge in [0.1, 0.15) is 18.4 Å². The zero-order valence-electron chi connectivity index (χ0n) is 22.7. The Hall–Kier alpha value is -3.14. The number of sulfonamides is 1. The van der Waals surface area contributed by atoms with Gasteiger partial charge in [0.05, 0.1) is 20.6 Å². The van der Waals surface area contributed by atoms with E-state index in [2.05, 4.69) is 5.32 Å². The predicted octanol–water partition coefficient (Wildman–Crippen LogP) is 5.97. The minimum atomic E-state index is -4.24. The molecular weight excluding hydrogens is 576 g/mol. The van der Waals surface area contributed by atoms with Crippen LogP contribution in [0.25, 0.3) is 0 Å². The number of amides is 2. The molecule has 0 fully saturated rings. The summed E-state index contributed by atoms with van der Waals surface area (Å²) in [6.45, 7) is 6.54. The maximum absolute atomic E-state index is 14.0. The molecule has 1 N–H and O–H groups in total. The van der Waals surface area contributed by atoms with Crippen LogP contribution in [-0.4, -0.2) is 43.8 Å². The van der Waals surface area contributed by atoms with Crippen molar-refractivity contribution < 1.29 is 22.4 Å². The second kappa shape index (κ2) is 13.5. The lowest BCUT2D eigenvalue weighted by molar-refractivity contribution is -0.140. The van der Waals surface area contributed by atoms with E-state index >= 15 is 0 Å². The second-order valence-electron chi connectivity index (χ2n) is 9.66. The lowest BCUT2D eigenvalue weighted by atomic mass is 10.1. The molecule has 3 aromatic carbocycles. The molecule has 0 aliphatic heterocycles. The van der Waals surface area contributed by atoms with E-state index in [0.29, 0.717) is 10.6 Å². The summed E-state index contributed by atoms with van der Waals surface area (Å²) >= 11 is 12.3. The number of benzene rings is 3. The number of hydrogen-bond acceptors (Lipinski definition) is 4. The van der Waals surface area contributed by atoms with Crippen molar-refractivity contribution >= 4 is 50.7 Å². The second-order valence-corrected chi connectivity index (χ2v) is 12.3. The molecule has 3 rings (SSSR count). The van der Waals surface area contributed by atoms with Gasteiger partial charge in [-0.25, -0.2) is 12.8 Å². The van der Waals surface area contributed by atoms with Crippen LogP contribution in [0.2, 0.25) is 10.0 Å². The molecular formula is C29H32Cl2FN3O4S. The Labute approximate surface area is 244 Å². The van der Waals surface area contributed by atoms with Crippen molar-refractivity contribution in [3.63, 3.8) is 0 Å². The van der Waals surface area contributed by atoms with Gasteiger partial charge in [-0.3, -0.25) is 13.9 Å². The topological polar surface area (TPSA) is 86.8 Å². The highest BCUT2D eigenvalue weighted by Crippen LogP contribution is 2.27. The van der Waals surface area contributed by atoms with E-state index in [-0.39, 0.29) is 40.5 Å². The van der Waals surface area contributed by atoms with Gasteiger partial charge in [-0.2, -0.15) is 0 Å². The number of nitrogens with zero attached hydrogens (tertiary/aromatic N) is 2. The van der Waals surface area contributed by atoms with E-state index in [9.17, 15) is 22.4 Å². The molecule has 0 bridgehead atoms. The molecule has 3 aromatic rings. The van der Waals surface area contributed by atoms with Gasteiger partial charge >= 0.3 is 0 Å². The highest BCUT2D eigenvalue weighted by atomic mass is 35.5. The molecule has 40 heavy (non-hydrogen) atoms. The molecule has 0 aliphatic rings. The Balaban J connectivity index is 2.07. The Kier molecular flexibility index (Phi) is 10.6. The maximum Gasteiger partial charge on any atom is 0.264 e. The average Bonchev–Trinajstić information content (AvgIpc) is 2.89. The molecule has 214 valence electrons. The number of nitrogens with one attached hydrogen (secondary N) is 1. The van der Waals surface area contributed by atoms with E-state index in [1.807, 2.05) is 6.92 Å². The monoisotopic (exact) mass is 607 g/mol. The van der Waals surface area contributed by atoms with Crippen molar-refractivity contribution in [2.75, 3.05) is 10.8 Å². The Morgan fingerprint density at radius 2 is 1.57 bits per heavy atom. The van der Waals surface area contributed by atoms with E-state index in [0.717, 1.165) is 22.0 Å². The summed E-state index contributed by atoms with van der Waals surface area (Å²) in [5.41, 5.74) is 1.57. The summed E-state index contributed by atoms with van der Waals surface area (Å²) in [7, 11) is -4.24. The van der Waals surface area contributed by atoms with Crippen LogP contribution in [0.5, 0.6) is 0 Å². The maximum atomic E-state index is 14.0. The fraction of sp³-hybridized carbons (Fsp3) is 0.310. The zero-order valence-corrected chi connectivity index (χ0v) is 25.0. The van der Waals surface area contributed by atoms with Gasteiger partial charge in [0, 0.05) is 12.6 Å². The van der Waals surface area contributed by atoms with Crippen LogP contribution in [0.4, 0.5) is 10.1 Å². The lowest BCUT2D eigenvalue weighted by Crippen LogP contribution is -2.53. The number of hydrogen-bond donors (Lipinski definition) is 1. The van der Waals surface area contributed by atoms with Crippen LogP contribution >= 0.6 is 23.2 Å². The van der Waals surface area contributed by atoms with Crippen molar-refractivity contribution in [3.05, 3.63) is 93.7 Å². The summed E-state index contributed by atoms with van der Waals surface area (Å²) in [5, 5.41) is 3.45. The van der Waals surface area contributed by atoms with Crippen molar-refractivity contribution in [2.24, 2.45) is 0 Å². The molecule has 0 saturated heterocycles. The first-order valence-corrected chi connectivity index (χ1v) is 14.9. The number of rotatable bonds is 11. The van der Waals surface area contributed by atoms with Gasteiger partial charge in [-0.15, -0.1) is 0 Å². The van der Waals surface area contributed by atoms with Gasteiger partial charge in [0.25, 0.3) is 10.0 Å². The van der Waals surface area contributed by atoms with Crippen LogP contribution in [0.15, 0.2) is 71.6 Å². The van der Waals surface area contributed by atoms with Crippen LogP contribution in [0.3, 0.4) is 0 Å². The number of halogens is 3. The third-order valence-electron chi connectivity index (χ3n) is 6.16. The van der Waals surface area contributed by atoms with Crippen molar-refractivity contribution in [2.45, 2.75) is 57.6 Å². The molecule has 2 amide bonds. The van der Waals surface area contributed by atoms with Gasteiger partial charge < -0.3 is 10.2 Å². The minimum Gasteiger partial charge on any atom is -0.352 e. The van der Waals surface area contributed by atoms with Crippen molar-refractivity contribution in [1.29, 1.82) is 0 Å². The molecule has 0 radical (unpaired) electrons. The summed E-state index contributed by atoms with van der Waals surface area (Å²) in [6, 6.07) is 14.8. The molecule has 1 unspecified atom stereocenters. The van der Waals surface area contributed by atoms with E-state index in [1.54, 1.807) is 51.1 Å². The molecule has 0 spiro atoms. The van der Waals surface area contributed by atoms with Crippen LogP contribution in [0.1, 0.15) is 38.3 Å². The molecule has 7 nitrogen and oxygen atoms in total. The Morgan fingerprint density at radius 3 is 2.12 bits per heavy atom. The summed E-state index contributed by atoms with van der Waals surface area (Å²) in [4.78, 5) is 28.4. The van der Waals surface area contributed by atoms with Gasteiger partial charge in [-0.1, -0.05) is 53.9 Å². The molecule has 0 aromatic heterocycles. The van der Waals surface area contributed by atoms with Gasteiger partial charge in [0.15, 0.2) is 0 Å². The van der Waals surface area contributed by atoms with Crippen LogP contribution < -0.4 is 9.62 Å². The Morgan fingerprint density at radius 1 is 0.950 bits per heavy atom. The highest BCUT2D eigenvalue weighted by Gasteiger charge is 2.34. The third kappa shape index (κ3) is 7.74. The standard InChI is InChI=1S/C29H32Cl2FN3O4S/c1-5-27(29(37)33-19(2)3)34(17-21-8-15-25(30)26(31)16-21)28(36)18-35(23-11-9-22(32)10-12-23)40(38,39)24-13-6-20(4)7-14-24/h6-16,19,27H,5,17-18H2,1-4H3,(H,33,37). The molecule has 0 heterocycles. The van der Waals surface area contributed by atoms with Crippen molar-refractivity contribution in [1.82, 2.24) is 10.2 Å². The first-order chi connectivity index (χ1) is 18.8. The SMILES string of the molecule is CCC(C(=O)NC(C)C)N(Cc1ccc(Cl)c(Cl)c1)C(=O)CN(c1ccc(F)cc1)S(=O)(=O)c1ccc(C)cc1. The summed E-state index contributed by atoms with van der Waals surface area (Å²) < 4.78 is 42.3. The summed E-state index contributed by atoms with van der Waals surface area (Å²) in [5.74, 6) is -1.56. The quantitative estimate of drug-likeness (QED) is 0.291. The van der Waals surface area contributed by atoms with Crippen molar-refractivity contribution in [3.8, 4) is 0 Å². The zero-order chi connectivity index (χ0) is 29.6. The largest absolute Gasteiger partial charge is 0.352 e. The number of carbonyl (C=O) groups excluding carboxylic acids is 2. The van der Waals surface area contributed by atoms with E-state index in [1.165, 1.54) is 29.2 Å². The first-order valence-electron chi connectivity index (χ1n) is 12.7. The minimum absolute atomic E-state index is 0.0262. The number of carbonyl (C=O) groups is 2. The fourth-order valence-electron chi connectivity index (χ4n) is 4.11. The van der Waals surface area contributed by atoms with E-state index in [4.69, 9.17) is 23.2 Å². The molecule has 0 saturated carbocycles. The third-order valence-corrected chi connectivity index (χ3v) is 8.68. The van der Waals surface area contributed by atoms with Crippen LogP contribution in [0, 0.1) is 12.7 Å². The fourth-order valence-corrected chi connectivity index (χ4v) is 5.84. The first kappa shape index (κ1) is 31.4. The molecule has 1 atom stereocenters. The molecule has 11 heteroatoms. The van der Waals surface area contributed by atoms with Gasteiger partial charge in [0.2, 0.25) is 11.8 Å². The number of anilines is 1. The summed E-state index contributed by atoms with van der Waals surface area (Å²) in [6.07, 6.45) is 0.271. The number of aryl methyl sites for hydroxylation is 1. The smallest absolute Gasteiger partial charge is 0.264 e. The highest BCUT2D eigenvalue weighted by molar-refractivity contribution is 7.92. The Bertz CT molecular complexity index is 1450. The molecule has 0 aliphatic carbocycles.